The van der Waals surface area contributed by atoms with Crippen molar-refractivity contribution >= 4 is 0 Å². The third-order valence-electron chi connectivity index (χ3n) is 2.28. The summed E-state index contributed by atoms with van der Waals surface area (Å²) in [5.74, 6) is 0.582. The molecule has 0 spiro atoms. The summed E-state index contributed by atoms with van der Waals surface area (Å²) < 4.78 is 15.4. The van der Waals surface area contributed by atoms with Crippen LogP contribution >= 0.6 is 0 Å². The van der Waals surface area contributed by atoms with Gasteiger partial charge in [-0.25, -0.2) is 0 Å². The molecule has 0 aliphatic carbocycles. The highest BCUT2D eigenvalue weighted by Crippen LogP contribution is 2.21. The van der Waals surface area contributed by atoms with Gasteiger partial charge in [0.15, 0.2) is 0 Å². The van der Waals surface area contributed by atoms with E-state index in [2.05, 4.69) is 15.0 Å². The van der Waals surface area contributed by atoms with Gasteiger partial charge in [-0.3, -0.25) is 0 Å². The van der Waals surface area contributed by atoms with Crippen molar-refractivity contribution in [1.29, 1.82) is 0 Å². The lowest BCUT2D eigenvalue weighted by atomic mass is 10.2. The fraction of sp³-hybridized carbons (Fsp3) is 0.250. The van der Waals surface area contributed by atoms with Gasteiger partial charge in [-0.1, -0.05) is 12.1 Å². The summed E-state index contributed by atoms with van der Waals surface area (Å²) in [5.41, 5.74) is 6.52. The fourth-order valence-electron chi connectivity index (χ4n) is 1.39. The molecular weight excluding hydrogens is 248 g/mol. The number of rotatable bonds is 5. The molecule has 7 nitrogen and oxygen atoms in total. The highest BCUT2D eigenvalue weighted by atomic mass is 16.5. The molecule has 0 bridgehead atoms. The number of ether oxygens (including phenoxy) is 3. The molecule has 1 aromatic carbocycles. The average Bonchev–Trinajstić information content (AvgIpc) is 2.47. The third-order valence-corrected chi connectivity index (χ3v) is 2.28. The molecule has 0 aliphatic heterocycles. The minimum Gasteiger partial charge on any atom is -0.467 e. The minimum absolute atomic E-state index is 0.0953. The van der Waals surface area contributed by atoms with Gasteiger partial charge in [0.2, 0.25) is 0 Å². The lowest BCUT2D eigenvalue weighted by Gasteiger charge is -2.07. The summed E-state index contributed by atoms with van der Waals surface area (Å²) in [5, 5.41) is 0. The second kappa shape index (κ2) is 5.96. The van der Waals surface area contributed by atoms with Crippen LogP contribution in [0, 0.1) is 0 Å². The summed E-state index contributed by atoms with van der Waals surface area (Å²) in [6.45, 7) is 0.432. The first-order valence-electron chi connectivity index (χ1n) is 5.56. The van der Waals surface area contributed by atoms with E-state index in [-0.39, 0.29) is 18.0 Å². The topological polar surface area (TPSA) is 92.4 Å². The Bertz CT molecular complexity index is 540. The average molecular weight is 262 g/mol. The number of methoxy groups -OCH3 is 2. The van der Waals surface area contributed by atoms with Crippen LogP contribution in [0.4, 0.5) is 0 Å². The predicted molar refractivity (Wildman–Crippen MR) is 67.3 cm³/mol. The van der Waals surface area contributed by atoms with Crippen molar-refractivity contribution in [2.75, 3.05) is 14.2 Å². The van der Waals surface area contributed by atoms with Crippen LogP contribution in [0.15, 0.2) is 24.3 Å². The number of benzene rings is 1. The highest BCUT2D eigenvalue weighted by molar-refractivity contribution is 5.30. The predicted octanol–water partition coefficient (Wildman–Crippen LogP) is 1.14. The molecule has 0 saturated carbocycles. The molecular formula is C12H14N4O3. The first-order valence-corrected chi connectivity index (χ1v) is 5.56. The zero-order chi connectivity index (χ0) is 13.7. The van der Waals surface area contributed by atoms with E-state index >= 15 is 0 Å². The molecule has 0 unspecified atom stereocenters. The molecule has 0 amide bonds. The van der Waals surface area contributed by atoms with Crippen molar-refractivity contribution in [3.8, 4) is 23.8 Å². The van der Waals surface area contributed by atoms with Gasteiger partial charge in [0.1, 0.15) is 5.75 Å². The summed E-state index contributed by atoms with van der Waals surface area (Å²) in [6, 6.07) is 7.67. The SMILES string of the molecule is COc1nc(OC)nc(Oc2cccc(CN)c2)n1. The van der Waals surface area contributed by atoms with Crippen LogP contribution in [-0.4, -0.2) is 29.2 Å². The Hall–Kier alpha value is -2.41. The first-order chi connectivity index (χ1) is 9.25. The summed E-state index contributed by atoms with van der Waals surface area (Å²) in [4.78, 5) is 11.8. The van der Waals surface area contributed by atoms with Gasteiger partial charge in [0.05, 0.1) is 14.2 Å². The van der Waals surface area contributed by atoms with E-state index < -0.39 is 0 Å². The molecule has 2 aromatic rings. The van der Waals surface area contributed by atoms with E-state index in [1.165, 1.54) is 14.2 Å². The molecule has 19 heavy (non-hydrogen) atoms. The standard InChI is InChI=1S/C12H14N4O3/c1-17-10-14-11(18-2)16-12(15-10)19-9-5-3-4-8(6-9)7-13/h3-6H,7,13H2,1-2H3. The maximum absolute atomic E-state index is 5.57. The minimum atomic E-state index is 0.0953. The Balaban J connectivity index is 2.26. The Morgan fingerprint density at radius 2 is 1.63 bits per heavy atom. The van der Waals surface area contributed by atoms with Gasteiger partial charge >= 0.3 is 18.0 Å². The Morgan fingerprint density at radius 3 is 2.21 bits per heavy atom. The van der Waals surface area contributed by atoms with Crippen LogP contribution in [-0.2, 0) is 6.54 Å². The number of nitrogens with zero attached hydrogens (tertiary/aromatic N) is 3. The van der Waals surface area contributed by atoms with Crippen LogP contribution in [0.2, 0.25) is 0 Å². The Morgan fingerprint density at radius 1 is 1.00 bits per heavy atom. The van der Waals surface area contributed by atoms with E-state index in [9.17, 15) is 0 Å². The molecule has 2 rings (SSSR count). The van der Waals surface area contributed by atoms with E-state index in [0.717, 1.165) is 5.56 Å². The maximum Gasteiger partial charge on any atom is 0.331 e. The number of hydrogen-bond acceptors (Lipinski definition) is 7. The van der Waals surface area contributed by atoms with Gasteiger partial charge in [-0.05, 0) is 17.7 Å². The lowest BCUT2D eigenvalue weighted by molar-refractivity contribution is 0.320. The van der Waals surface area contributed by atoms with Gasteiger partial charge < -0.3 is 19.9 Å². The van der Waals surface area contributed by atoms with E-state index in [0.29, 0.717) is 12.3 Å². The lowest BCUT2D eigenvalue weighted by Crippen LogP contribution is -2.02. The molecule has 7 heteroatoms. The molecule has 0 saturated heterocycles. The molecule has 2 N–H and O–H groups in total. The van der Waals surface area contributed by atoms with E-state index in [1.807, 2.05) is 18.2 Å². The fourth-order valence-corrected chi connectivity index (χ4v) is 1.39. The highest BCUT2D eigenvalue weighted by Gasteiger charge is 2.09. The van der Waals surface area contributed by atoms with E-state index in [4.69, 9.17) is 19.9 Å². The molecule has 1 heterocycles. The van der Waals surface area contributed by atoms with Crippen molar-refractivity contribution in [3.05, 3.63) is 29.8 Å². The largest absolute Gasteiger partial charge is 0.467 e. The smallest absolute Gasteiger partial charge is 0.331 e. The number of aromatic nitrogens is 3. The van der Waals surface area contributed by atoms with Crippen molar-refractivity contribution in [3.63, 3.8) is 0 Å². The summed E-state index contributed by atoms with van der Waals surface area (Å²) in [6.07, 6.45) is 0. The van der Waals surface area contributed by atoms with Gasteiger partial charge in [-0.2, -0.15) is 0 Å². The van der Waals surface area contributed by atoms with Crippen LogP contribution < -0.4 is 19.9 Å². The van der Waals surface area contributed by atoms with Crippen molar-refractivity contribution in [2.45, 2.75) is 6.54 Å². The number of hydrogen-bond donors (Lipinski definition) is 1. The molecule has 0 atom stereocenters. The zero-order valence-corrected chi connectivity index (χ0v) is 10.7. The molecule has 0 radical (unpaired) electrons. The summed E-state index contributed by atoms with van der Waals surface area (Å²) in [7, 11) is 2.90. The van der Waals surface area contributed by atoms with Gasteiger partial charge in [0, 0.05) is 6.54 Å². The quantitative estimate of drug-likeness (QED) is 0.863. The van der Waals surface area contributed by atoms with Crippen molar-refractivity contribution < 1.29 is 14.2 Å². The third kappa shape index (κ3) is 3.29. The molecule has 1 aromatic heterocycles. The van der Waals surface area contributed by atoms with Gasteiger partial charge in [-0.15, -0.1) is 15.0 Å². The number of nitrogens with two attached hydrogens (primary N) is 1. The molecule has 0 fully saturated rings. The van der Waals surface area contributed by atoms with Gasteiger partial charge in [0.25, 0.3) is 0 Å². The second-order valence-corrected chi connectivity index (χ2v) is 3.54. The molecule has 100 valence electrons. The monoisotopic (exact) mass is 262 g/mol. The van der Waals surface area contributed by atoms with Crippen LogP contribution in [0.1, 0.15) is 5.56 Å². The van der Waals surface area contributed by atoms with Crippen LogP contribution in [0.5, 0.6) is 23.8 Å². The van der Waals surface area contributed by atoms with Crippen molar-refractivity contribution in [2.24, 2.45) is 5.73 Å². The Labute approximate surface area is 110 Å². The van der Waals surface area contributed by atoms with Crippen LogP contribution in [0.25, 0.3) is 0 Å². The summed E-state index contributed by atoms with van der Waals surface area (Å²) >= 11 is 0. The zero-order valence-electron chi connectivity index (χ0n) is 10.7. The van der Waals surface area contributed by atoms with Crippen LogP contribution in [0.3, 0.4) is 0 Å². The van der Waals surface area contributed by atoms with Crippen molar-refractivity contribution in [1.82, 2.24) is 15.0 Å². The first kappa shape index (κ1) is 13.0. The van der Waals surface area contributed by atoms with E-state index in [1.54, 1.807) is 6.07 Å². The molecule has 0 aliphatic rings. The second-order valence-electron chi connectivity index (χ2n) is 3.54. The normalized spacial score (nSPS) is 10.1. The maximum atomic E-state index is 5.57. The Kier molecular flexibility index (Phi) is 4.09.